The smallest absolute Gasteiger partial charge is 0.348 e. The first kappa shape index (κ1) is 16.4. The van der Waals surface area contributed by atoms with E-state index in [1.165, 1.54) is 12.5 Å². The highest BCUT2D eigenvalue weighted by Gasteiger charge is 2.39. The number of thiazole rings is 1. The van der Waals surface area contributed by atoms with Crippen LogP contribution < -0.4 is 11.1 Å². The maximum absolute atomic E-state index is 12.2. The summed E-state index contributed by atoms with van der Waals surface area (Å²) in [6.45, 7) is 0.0494. The molecule has 1 aliphatic heterocycles. The van der Waals surface area contributed by atoms with Crippen molar-refractivity contribution in [1.82, 2.24) is 15.3 Å². The van der Waals surface area contributed by atoms with Crippen molar-refractivity contribution in [1.29, 1.82) is 0 Å². The van der Waals surface area contributed by atoms with Gasteiger partial charge in [-0.3, -0.25) is 9.59 Å². The SMILES string of the molecule is CON=C(C(=O)N[C@H]1CN(N=CC(=O)O)C1=O)c1csc(N)n1. The molecule has 1 aromatic rings. The monoisotopic (exact) mass is 340 g/mol. The Morgan fingerprint density at radius 3 is 2.91 bits per heavy atom. The fourth-order valence-corrected chi connectivity index (χ4v) is 2.21. The van der Waals surface area contributed by atoms with Crippen molar-refractivity contribution in [3.63, 3.8) is 0 Å². The molecule has 1 fully saturated rings. The number of amides is 2. The summed E-state index contributed by atoms with van der Waals surface area (Å²) in [7, 11) is 1.26. The quantitative estimate of drug-likeness (QED) is 0.322. The number of aliphatic carboxylic acids is 1. The summed E-state index contributed by atoms with van der Waals surface area (Å²) in [5.74, 6) is -2.48. The fraction of sp³-hybridized carbons (Fsp3) is 0.273. The molecule has 4 N–H and O–H groups in total. The Balaban J connectivity index is 2.00. The average Bonchev–Trinajstić information content (AvgIpc) is 2.92. The van der Waals surface area contributed by atoms with E-state index >= 15 is 0 Å². The molecule has 1 aliphatic rings. The number of hydrogen-bond acceptors (Lipinski definition) is 9. The molecule has 122 valence electrons. The Kier molecular flexibility index (Phi) is 4.85. The summed E-state index contributed by atoms with van der Waals surface area (Å²) >= 11 is 1.13. The number of oxime groups is 1. The minimum Gasteiger partial charge on any atom is -0.477 e. The summed E-state index contributed by atoms with van der Waals surface area (Å²) in [5.41, 5.74) is 5.60. The molecule has 1 atom stereocenters. The first-order valence-corrected chi connectivity index (χ1v) is 7.02. The molecule has 2 rings (SSSR count). The normalized spacial score (nSPS) is 18.0. The van der Waals surface area contributed by atoms with Crippen molar-refractivity contribution < 1.29 is 24.3 Å². The lowest BCUT2D eigenvalue weighted by atomic mass is 10.1. The van der Waals surface area contributed by atoms with E-state index in [1.807, 2.05) is 0 Å². The second kappa shape index (κ2) is 6.83. The lowest BCUT2D eigenvalue weighted by Crippen LogP contribution is -2.62. The van der Waals surface area contributed by atoms with Gasteiger partial charge in [0, 0.05) is 5.38 Å². The number of β-lactam (4-membered cyclic amide) rings is 1. The van der Waals surface area contributed by atoms with Crippen LogP contribution in [0.4, 0.5) is 5.13 Å². The Hall–Kier alpha value is -3.02. The molecule has 0 aromatic carbocycles. The number of nitrogens with two attached hydrogens (primary N) is 1. The van der Waals surface area contributed by atoms with E-state index in [-0.39, 0.29) is 23.1 Å². The van der Waals surface area contributed by atoms with Crippen LogP contribution in [0.15, 0.2) is 15.6 Å². The molecule has 0 unspecified atom stereocenters. The molecular weight excluding hydrogens is 328 g/mol. The number of carboxylic acid groups (broad SMARTS) is 1. The van der Waals surface area contributed by atoms with Crippen LogP contribution in [0.2, 0.25) is 0 Å². The third-order valence-electron chi connectivity index (χ3n) is 2.68. The Bertz CT molecular complexity index is 699. The molecule has 2 heterocycles. The summed E-state index contributed by atoms with van der Waals surface area (Å²) in [6.07, 6.45) is 0.589. The molecule has 12 heteroatoms. The molecule has 1 aromatic heterocycles. The number of aromatic nitrogens is 1. The van der Waals surface area contributed by atoms with Crippen LogP contribution in [0.3, 0.4) is 0 Å². The number of carbonyl (C=O) groups is 3. The average molecular weight is 340 g/mol. The van der Waals surface area contributed by atoms with Gasteiger partial charge >= 0.3 is 5.97 Å². The fourth-order valence-electron chi connectivity index (χ4n) is 1.66. The molecule has 0 aliphatic carbocycles. The minimum atomic E-state index is -1.28. The predicted molar refractivity (Wildman–Crippen MR) is 79.8 cm³/mol. The number of nitrogen functional groups attached to an aromatic ring is 1. The van der Waals surface area contributed by atoms with Crippen molar-refractivity contribution in [2.75, 3.05) is 19.4 Å². The summed E-state index contributed by atoms with van der Waals surface area (Å²) < 4.78 is 0. The van der Waals surface area contributed by atoms with E-state index in [2.05, 4.69) is 25.4 Å². The van der Waals surface area contributed by atoms with Gasteiger partial charge in [-0.15, -0.1) is 11.3 Å². The van der Waals surface area contributed by atoms with Crippen LogP contribution in [0.1, 0.15) is 5.69 Å². The largest absolute Gasteiger partial charge is 0.477 e. The van der Waals surface area contributed by atoms with E-state index in [0.29, 0.717) is 6.21 Å². The van der Waals surface area contributed by atoms with Gasteiger partial charge in [0.1, 0.15) is 25.1 Å². The zero-order valence-corrected chi connectivity index (χ0v) is 12.6. The van der Waals surface area contributed by atoms with Crippen molar-refractivity contribution in [3.05, 3.63) is 11.1 Å². The zero-order valence-electron chi connectivity index (χ0n) is 11.8. The van der Waals surface area contributed by atoms with Gasteiger partial charge in [-0.25, -0.2) is 14.8 Å². The third-order valence-corrected chi connectivity index (χ3v) is 3.36. The summed E-state index contributed by atoms with van der Waals surface area (Å²) in [4.78, 5) is 42.7. The van der Waals surface area contributed by atoms with E-state index in [0.717, 1.165) is 16.3 Å². The van der Waals surface area contributed by atoms with Crippen LogP contribution in [0.25, 0.3) is 0 Å². The van der Waals surface area contributed by atoms with E-state index in [1.54, 1.807) is 0 Å². The molecule has 0 saturated carbocycles. The van der Waals surface area contributed by atoms with Crippen LogP contribution >= 0.6 is 11.3 Å². The van der Waals surface area contributed by atoms with Crippen molar-refractivity contribution in [2.24, 2.45) is 10.3 Å². The number of carbonyl (C=O) groups excluding carboxylic acids is 2. The molecule has 2 amide bonds. The minimum absolute atomic E-state index is 0.0494. The summed E-state index contributed by atoms with van der Waals surface area (Å²) in [5, 5.41) is 20.6. The highest BCUT2D eigenvalue weighted by Crippen LogP contribution is 2.14. The number of anilines is 1. The van der Waals surface area contributed by atoms with Crippen LogP contribution in [-0.2, 0) is 19.2 Å². The second-order valence-corrected chi connectivity index (χ2v) is 5.11. The highest BCUT2D eigenvalue weighted by molar-refractivity contribution is 7.13. The zero-order chi connectivity index (χ0) is 17.0. The Morgan fingerprint density at radius 2 is 2.39 bits per heavy atom. The van der Waals surface area contributed by atoms with Crippen molar-refractivity contribution in [3.8, 4) is 0 Å². The molecular formula is C11H12N6O5S. The molecule has 11 nitrogen and oxygen atoms in total. The van der Waals surface area contributed by atoms with Gasteiger partial charge in [0.25, 0.3) is 11.8 Å². The van der Waals surface area contributed by atoms with E-state index < -0.39 is 23.8 Å². The maximum atomic E-state index is 12.2. The number of carboxylic acids is 1. The second-order valence-electron chi connectivity index (χ2n) is 4.22. The third kappa shape index (κ3) is 3.79. The van der Waals surface area contributed by atoms with Crippen molar-refractivity contribution >= 4 is 46.2 Å². The van der Waals surface area contributed by atoms with Crippen LogP contribution in [0.5, 0.6) is 0 Å². The van der Waals surface area contributed by atoms with Crippen LogP contribution in [-0.4, -0.2) is 64.5 Å². The molecule has 0 radical (unpaired) electrons. The van der Waals surface area contributed by atoms with Crippen LogP contribution in [0, 0.1) is 0 Å². The molecule has 0 bridgehead atoms. The Morgan fingerprint density at radius 1 is 1.65 bits per heavy atom. The van der Waals surface area contributed by atoms with Gasteiger partial charge in [-0.1, -0.05) is 5.16 Å². The number of hydrogen-bond donors (Lipinski definition) is 3. The number of rotatable bonds is 6. The number of nitrogens with zero attached hydrogens (tertiary/aromatic N) is 4. The van der Waals surface area contributed by atoms with Gasteiger partial charge in [0.15, 0.2) is 10.8 Å². The lowest BCUT2D eigenvalue weighted by molar-refractivity contribution is -0.145. The van der Waals surface area contributed by atoms with E-state index in [9.17, 15) is 14.4 Å². The highest BCUT2D eigenvalue weighted by atomic mass is 32.1. The molecule has 23 heavy (non-hydrogen) atoms. The summed E-state index contributed by atoms with van der Waals surface area (Å²) in [6, 6.07) is -0.827. The maximum Gasteiger partial charge on any atom is 0.348 e. The predicted octanol–water partition coefficient (Wildman–Crippen LogP) is -1.53. The van der Waals surface area contributed by atoms with Gasteiger partial charge in [-0.05, 0) is 0 Å². The van der Waals surface area contributed by atoms with Crippen molar-refractivity contribution in [2.45, 2.75) is 6.04 Å². The topological polar surface area (TPSA) is 160 Å². The number of hydrazone groups is 1. The lowest BCUT2D eigenvalue weighted by Gasteiger charge is -2.34. The van der Waals surface area contributed by atoms with E-state index in [4.69, 9.17) is 10.8 Å². The molecule has 0 spiro atoms. The van der Waals surface area contributed by atoms with Gasteiger partial charge in [0.2, 0.25) is 0 Å². The number of nitrogens with one attached hydrogen (secondary N) is 1. The molecule has 1 saturated heterocycles. The van der Waals surface area contributed by atoms with Gasteiger partial charge in [0.05, 0.1) is 6.54 Å². The van der Waals surface area contributed by atoms with Gasteiger partial charge < -0.3 is 21.0 Å². The first-order valence-electron chi connectivity index (χ1n) is 6.14. The standard InChI is InChI=1S/C11H12N6O5S/c1-22-16-8(6-4-23-11(12)15-6)9(20)14-5-3-17(10(5)21)13-2-7(18)19/h2,4-5H,3H2,1H3,(H2,12,15)(H,14,20)(H,18,19)/t5-/m0/s1. The first-order chi connectivity index (χ1) is 10.9. The van der Waals surface area contributed by atoms with Gasteiger partial charge in [-0.2, -0.15) is 5.10 Å². The Labute approximate surface area is 133 Å².